The minimum absolute atomic E-state index is 0.0466. The second kappa shape index (κ2) is 5.34. The fourth-order valence-corrected chi connectivity index (χ4v) is 1.95. The molecule has 0 saturated heterocycles. The number of amides is 1. The van der Waals surface area contributed by atoms with E-state index in [9.17, 15) is 4.79 Å². The Kier molecular flexibility index (Phi) is 4.02. The number of halogens is 3. The molecule has 0 heterocycles. The van der Waals surface area contributed by atoms with Gasteiger partial charge in [0.1, 0.15) is 0 Å². The Bertz CT molecular complexity index is 447. The van der Waals surface area contributed by atoms with E-state index in [1.807, 2.05) is 0 Å². The summed E-state index contributed by atoms with van der Waals surface area (Å²) in [7, 11) is 0. The van der Waals surface area contributed by atoms with E-state index in [0.717, 1.165) is 12.8 Å². The van der Waals surface area contributed by atoms with E-state index in [1.165, 1.54) is 0 Å². The number of nitrogens with one attached hydrogen (secondary N) is 2. The van der Waals surface area contributed by atoms with Crippen molar-refractivity contribution in [3.8, 4) is 0 Å². The molecule has 92 valence electrons. The highest BCUT2D eigenvalue weighted by molar-refractivity contribution is 6.44. The molecule has 1 aromatic carbocycles. The Morgan fingerprint density at radius 2 is 1.82 bits per heavy atom. The van der Waals surface area contributed by atoms with Gasteiger partial charge in [-0.15, -0.1) is 0 Å². The first-order valence-corrected chi connectivity index (χ1v) is 6.37. The summed E-state index contributed by atoms with van der Waals surface area (Å²) >= 11 is 17.6. The van der Waals surface area contributed by atoms with Crippen LogP contribution in [-0.4, -0.2) is 18.5 Å². The lowest BCUT2D eigenvalue weighted by atomic mass is 10.3. The Balaban J connectivity index is 1.93. The van der Waals surface area contributed by atoms with Gasteiger partial charge in [-0.25, -0.2) is 0 Å². The molecule has 0 aliphatic heterocycles. The van der Waals surface area contributed by atoms with Crippen LogP contribution in [0.2, 0.25) is 15.1 Å². The van der Waals surface area contributed by atoms with Crippen molar-refractivity contribution < 1.29 is 4.79 Å². The molecule has 6 heteroatoms. The van der Waals surface area contributed by atoms with Crippen molar-refractivity contribution in [2.24, 2.45) is 0 Å². The number of hydrogen-bond donors (Lipinski definition) is 2. The van der Waals surface area contributed by atoms with E-state index in [4.69, 9.17) is 34.8 Å². The predicted molar refractivity (Wildman–Crippen MR) is 71.1 cm³/mol. The highest BCUT2D eigenvalue weighted by atomic mass is 35.5. The van der Waals surface area contributed by atoms with E-state index >= 15 is 0 Å². The zero-order valence-electron chi connectivity index (χ0n) is 8.90. The summed E-state index contributed by atoms with van der Waals surface area (Å²) in [5, 5.41) is 7.03. The maximum absolute atomic E-state index is 11.5. The highest BCUT2D eigenvalue weighted by Crippen LogP contribution is 2.32. The summed E-state index contributed by atoms with van der Waals surface area (Å²) in [5.74, 6) is -0.0466. The standard InChI is InChI=1S/C11H11Cl3N2O/c12-7-3-9(14)10(4-8(7)13)15-5-11(17)16-6-1-2-6/h3-4,6,15H,1-2,5H2,(H,16,17). The lowest BCUT2D eigenvalue weighted by molar-refractivity contribution is -0.119. The molecule has 1 saturated carbocycles. The number of carbonyl (C=O) groups excluding carboxylic acids is 1. The van der Waals surface area contributed by atoms with Gasteiger partial charge in [0.05, 0.1) is 27.3 Å². The average Bonchev–Trinajstić information content (AvgIpc) is 3.05. The number of anilines is 1. The fourth-order valence-electron chi connectivity index (χ4n) is 1.34. The zero-order valence-corrected chi connectivity index (χ0v) is 11.2. The molecule has 17 heavy (non-hydrogen) atoms. The Morgan fingerprint density at radius 1 is 1.18 bits per heavy atom. The third-order valence-electron chi connectivity index (χ3n) is 2.39. The third-order valence-corrected chi connectivity index (χ3v) is 3.43. The average molecular weight is 294 g/mol. The van der Waals surface area contributed by atoms with Gasteiger partial charge in [-0.1, -0.05) is 34.8 Å². The van der Waals surface area contributed by atoms with Gasteiger partial charge in [-0.3, -0.25) is 4.79 Å². The zero-order chi connectivity index (χ0) is 12.4. The van der Waals surface area contributed by atoms with E-state index in [-0.39, 0.29) is 12.5 Å². The van der Waals surface area contributed by atoms with Crippen LogP contribution >= 0.6 is 34.8 Å². The summed E-state index contributed by atoms with van der Waals surface area (Å²) in [6.07, 6.45) is 2.14. The molecule has 1 amide bonds. The quantitative estimate of drug-likeness (QED) is 0.836. The van der Waals surface area contributed by atoms with Crippen molar-refractivity contribution in [2.75, 3.05) is 11.9 Å². The largest absolute Gasteiger partial charge is 0.375 e. The minimum atomic E-state index is -0.0466. The molecule has 0 unspecified atom stereocenters. The summed E-state index contributed by atoms with van der Waals surface area (Å²) in [5.41, 5.74) is 0.604. The lowest BCUT2D eigenvalue weighted by Gasteiger charge is -2.09. The van der Waals surface area contributed by atoms with E-state index < -0.39 is 0 Å². The maximum atomic E-state index is 11.5. The van der Waals surface area contributed by atoms with Crippen molar-refractivity contribution in [1.82, 2.24) is 5.32 Å². The molecule has 0 atom stereocenters. The molecule has 1 aromatic rings. The first-order chi connectivity index (χ1) is 8.06. The lowest BCUT2D eigenvalue weighted by Crippen LogP contribution is -2.31. The molecule has 1 aliphatic carbocycles. The summed E-state index contributed by atoms with van der Waals surface area (Å²) < 4.78 is 0. The van der Waals surface area contributed by atoms with Crippen LogP contribution in [-0.2, 0) is 4.79 Å². The number of hydrogen-bond acceptors (Lipinski definition) is 2. The van der Waals surface area contributed by atoms with Crippen molar-refractivity contribution in [2.45, 2.75) is 18.9 Å². The topological polar surface area (TPSA) is 41.1 Å². The van der Waals surface area contributed by atoms with E-state index in [2.05, 4.69) is 10.6 Å². The van der Waals surface area contributed by atoms with Gasteiger partial charge in [0.2, 0.25) is 5.91 Å². The van der Waals surface area contributed by atoms with Gasteiger partial charge in [0.25, 0.3) is 0 Å². The monoisotopic (exact) mass is 292 g/mol. The molecule has 0 bridgehead atoms. The summed E-state index contributed by atoms with van der Waals surface area (Å²) in [4.78, 5) is 11.5. The molecular weight excluding hydrogens is 282 g/mol. The summed E-state index contributed by atoms with van der Waals surface area (Å²) in [6.45, 7) is 0.175. The van der Waals surface area contributed by atoms with Crippen LogP contribution < -0.4 is 10.6 Å². The predicted octanol–water partition coefficient (Wildman–Crippen LogP) is 3.34. The van der Waals surface area contributed by atoms with Crippen LogP contribution in [0.3, 0.4) is 0 Å². The molecular formula is C11H11Cl3N2O. The molecule has 0 aromatic heterocycles. The van der Waals surface area contributed by atoms with Crippen molar-refractivity contribution in [1.29, 1.82) is 0 Å². The fraction of sp³-hybridized carbons (Fsp3) is 0.364. The Morgan fingerprint density at radius 3 is 2.47 bits per heavy atom. The second-order valence-electron chi connectivity index (χ2n) is 3.94. The molecule has 1 aliphatic rings. The smallest absolute Gasteiger partial charge is 0.239 e. The van der Waals surface area contributed by atoms with Gasteiger partial charge in [0, 0.05) is 6.04 Å². The van der Waals surface area contributed by atoms with Gasteiger partial charge in [0.15, 0.2) is 0 Å². The van der Waals surface area contributed by atoms with Crippen LogP contribution in [0, 0.1) is 0 Å². The van der Waals surface area contributed by atoms with Crippen molar-refractivity contribution >= 4 is 46.4 Å². The van der Waals surface area contributed by atoms with Crippen LogP contribution in [0.4, 0.5) is 5.69 Å². The molecule has 2 rings (SSSR count). The van der Waals surface area contributed by atoms with Crippen molar-refractivity contribution in [3.05, 3.63) is 27.2 Å². The summed E-state index contributed by atoms with van der Waals surface area (Å²) in [6, 6.07) is 3.51. The van der Waals surface area contributed by atoms with Gasteiger partial charge in [-0.05, 0) is 25.0 Å². The number of rotatable bonds is 4. The molecule has 2 N–H and O–H groups in total. The third kappa shape index (κ3) is 3.66. The van der Waals surface area contributed by atoms with Crippen molar-refractivity contribution in [3.63, 3.8) is 0 Å². The van der Waals surface area contributed by atoms with E-state index in [1.54, 1.807) is 12.1 Å². The molecule has 0 spiro atoms. The second-order valence-corrected chi connectivity index (χ2v) is 5.16. The molecule has 3 nitrogen and oxygen atoms in total. The first kappa shape index (κ1) is 12.8. The number of carbonyl (C=O) groups is 1. The highest BCUT2D eigenvalue weighted by Gasteiger charge is 2.22. The SMILES string of the molecule is O=C(CNc1cc(Cl)c(Cl)cc1Cl)NC1CC1. The minimum Gasteiger partial charge on any atom is -0.375 e. The normalized spacial score (nSPS) is 14.5. The molecule has 1 fully saturated rings. The Hall–Kier alpha value is -0.640. The Labute approximate surface area is 114 Å². The first-order valence-electron chi connectivity index (χ1n) is 5.24. The van der Waals surface area contributed by atoms with Gasteiger partial charge in [-0.2, -0.15) is 0 Å². The van der Waals surface area contributed by atoms with E-state index in [0.29, 0.717) is 26.8 Å². The molecule has 0 radical (unpaired) electrons. The van der Waals surface area contributed by atoms with Gasteiger partial charge >= 0.3 is 0 Å². The van der Waals surface area contributed by atoms with Crippen LogP contribution in [0.1, 0.15) is 12.8 Å². The van der Waals surface area contributed by atoms with Crippen LogP contribution in [0.5, 0.6) is 0 Å². The maximum Gasteiger partial charge on any atom is 0.239 e. The van der Waals surface area contributed by atoms with Gasteiger partial charge < -0.3 is 10.6 Å². The van der Waals surface area contributed by atoms with Crippen LogP contribution in [0.15, 0.2) is 12.1 Å². The van der Waals surface area contributed by atoms with Crippen LogP contribution in [0.25, 0.3) is 0 Å². The number of benzene rings is 1.